The van der Waals surface area contributed by atoms with Crippen molar-refractivity contribution >= 4 is 11.8 Å². The van der Waals surface area contributed by atoms with Crippen molar-refractivity contribution in [3.8, 4) is 0 Å². The van der Waals surface area contributed by atoms with E-state index in [0.717, 1.165) is 32.2 Å². The minimum atomic E-state index is -0.000402. The normalized spacial score (nSPS) is 24.1. The molecule has 3 saturated heterocycles. The number of nitrogens with zero attached hydrogens (tertiary/aromatic N) is 5. The molecule has 23 heavy (non-hydrogen) atoms. The molecule has 2 atom stereocenters. The molecule has 7 heteroatoms. The van der Waals surface area contributed by atoms with Gasteiger partial charge < -0.3 is 9.80 Å². The molecule has 0 aliphatic carbocycles. The van der Waals surface area contributed by atoms with Gasteiger partial charge in [0.2, 0.25) is 11.8 Å². The standard InChI is InChI=1S/C16H25N5O2/c1-2-7-21-14-6-5-13(16(21)23)9-19(10-14)15(22)4-3-8-20-12-17-11-18-20/h11-14H,2-10H2,1H3/t13-,14+/m0/s1. The molecule has 3 aliphatic heterocycles. The molecule has 0 radical (unpaired) electrons. The van der Waals surface area contributed by atoms with Crippen LogP contribution in [-0.2, 0) is 16.1 Å². The van der Waals surface area contributed by atoms with E-state index >= 15 is 0 Å². The van der Waals surface area contributed by atoms with Crippen molar-refractivity contribution in [2.24, 2.45) is 5.92 Å². The van der Waals surface area contributed by atoms with Crippen molar-refractivity contribution in [2.75, 3.05) is 19.6 Å². The summed E-state index contributed by atoms with van der Waals surface area (Å²) in [7, 11) is 0. The van der Waals surface area contributed by atoms with E-state index < -0.39 is 0 Å². The second-order valence-electron chi connectivity index (χ2n) is 6.52. The Morgan fingerprint density at radius 1 is 1.30 bits per heavy atom. The molecule has 0 spiro atoms. The fourth-order valence-corrected chi connectivity index (χ4v) is 3.68. The van der Waals surface area contributed by atoms with Gasteiger partial charge in [-0.25, -0.2) is 4.98 Å². The van der Waals surface area contributed by atoms with Crippen molar-refractivity contribution in [2.45, 2.75) is 51.6 Å². The van der Waals surface area contributed by atoms with Gasteiger partial charge in [0.25, 0.3) is 0 Å². The molecular formula is C16H25N5O2. The van der Waals surface area contributed by atoms with Gasteiger partial charge in [-0.3, -0.25) is 14.3 Å². The summed E-state index contributed by atoms with van der Waals surface area (Å²) in [6, 6.07) is 0.209. The third-order valence-electron chi connectivity index (χ3n) is 4.86. The average Bonchev–Trinajstić information content (AvgIpc) is 2.91. The summed E-state index contributed by atoms with van der Waals surface area (Å²) in [6.45, 7) is 4.91. The van der Waals surface area contributed by atoms with E-state index in [4.69, 9.17) is 0 Å². The number of fused-ring (bicyclic) bond motifs is 4. The van der Waals surface area contributed by atoms with Gasteiger partial charge in [-0.15, -0.1) is 0 Å². The molecule has 4 heterocycles. The van der Waals surface area contributed by atoms with Crippen LogP contribution < -0.4 is 0 Å². The number of carbonyl (C=O) groups excluding carboxylic acids is 2. The predicted molar refractivity (Wildman–Crippen MR) is 84.4 cm³/mol. The molecule has 7 nitrogen and oxygen atoms in total. The first-order valence-corrected chi connectivity index (χ1v) is 8.59. The van der Waals surface area contributed by atoms with Gasteiger partial charge in [0.05, 0.1) is 5.92 Å². The molecule has 2 amide bonds. The topological polar surface area (TPSA) is 71.3 Å². The lowest BCUT2D eigenvalue weighted by atomic mass is 9.94. The SMILES string of the molecule is CCCN1C(=O)[C@H]2CC[C@@H]1CN(C(=O)CCCn1cncn1)C2. The van der Waals surface area contributed by atoms with E-state index in [9.17, 15) is 9.59 Å². The van der Waals surface area contributed by atoms with E-state index in [2.05, 4.69) is 17.0 Å². The second-order valence-corrected chi connectivity index (χ2v) is 6.52. The summed E-state index contributed by atoms with van der Waals surface area (Å²) in [5, 5.41) is 4.04. The molecule has 0 unspecified atom stereocenters. The molecule has 1 aromatic heterocycles. The van der Waals surface area contributed by atoms with Crippen molar-refractivity contribution in [1.29, 1.82) is 0 Å². The average molecular weight is 319 g/mol. The molecular weight excluding hydrogens is 294 g/mol. The summed E-state index contributed by atoms with van der Waals surface area (Å²) in [5.74, 6) is 0.411. The molecule has 0 saturated carbocycles. The van der Waals surface area contributed by atoms with Crippen molar-refractivity contribution in [3.63, 3.8) is 0 Å². The highest BCUT2D eigenvalue weighted by Crippen LogP contribution is 2.29. The Bertz CT molecular complexity index is 545. The molecule has 2 bridgehead atoms. The van der Waals surface area contributed by atoms with Crippen LogP contribution in [-0.4, -0.2) is 62.1 Å². The Kier molecular flexibility index (Phi) is 4.93. The van der Waals surface area contributed by atoms with Gasteiger partial charge in [-0.05, 0) is 25.7 Å². The zero-order valence-corrected chi connectivity index (χ0v) is 13.7. The first-order chi connectivity index (χ1) is 11.2. The van der Waals surface area contributed by atoms with E-state index in [0.29, 0.717) is 26.1 Å². The molecule has 0 N–H and O–H groups in total. The van der Waals surface area contributed by atoms with Crippen molar-refractivity contribution in [1.82, 2.24) is 24.6 Å². The number of carbonyl (C=O) groups is 2. The van der Waals surface area contributed by atoms with Crippen LogP contribution >= 0.6 is 0 Å². The molecule has 3 fully saturated rings. The zero-order valence-electron chi connectivity index (χ0n) is 13.7. The second kappa shape index (κ2) is 7.10. The molecule has 4 rings (SSSR count). The number of hydrogen-bond acceptors (Lipinski definition) is 4. The summed E-state index contributed by atoms with van der Waals surface area (Å²) in [5.41, 5.74) is 0. The summed E-state index contributed by atoms with van der Waals surface area (Å²) >= 11 is 0. The number of amides is 2. The Morgan fingerprint density at radius 3 is 2.91 bits per heavy atom. The van der Waals surface area contributed by atoms with Crippen LogP contribution in [0.4, 0.5) is 0 Å². The first-order valence-electron chi connectivity index (χ1n) is 8.59. The lowest BCUT2D eigenvalue weighted by Crippen LogP contribution is -2.48. The smallest absolute Gasteiger partial charge is 0.227 e. The summed E-state index contributed by atoms with van der Waals surface area (Å²) in [6.07, 6.45) is 7.34. The molecule has 126 valence electrons. The van der Waals surface area contributed by atoms with Crippen molar-refractivity contribution < 1.29 is 9.59 Å². The van der Waals surface area contributed by atoms with Crippen LogP contribution in [0.25, 0.3) is 0 Å². The summed E-state index contributed by atoms with van der Waals surface area (Å²) < 4.78 is 1.74. The lowest BCUT2D eigenvalue weighted by molar-refractivity contribution is -0.139. The van der Waals surface area contributed by atoms with Crippen LogP contribution in [0.2, 0.25) is 0 Å². The molecule has 3 aliphatic rings. The maximum atomic E-state index is 12.5. The van der Waals surface area contributed by atoms with Crippen molar-refractivity contribution in [3.05, 3.63) is 12.7 Å². The van der Waals surface area contributed by atoms with E-state index in [1.54, 1.807) is 11.0 Å². The highest BCUT2D eigenvalue weighted by atomic mass is 16.2. The Balaban J connectivity index is 1.56. The molecule has 1 aromatic rings. The number of rotatable bonds is 6. The largest absolute Gasteiger partial charge is 0.340 e. The highest BCUT2D eigenvalue weighted by molar-refractivity contribution is 5.83. The minimum Gasteiger partial charge on any atom is -0.340 e. The van der Waals surface area contributed by atoms with Crippen LogP contribution in [0.15, 0.2) is 12.7 Å². The predicted octanol–water partition coefficient (Wildman–Crippen LogP) is 0.918. The maximum Gasteiger partial charge on any atom is 0.227 e. The Hall–Kier alpha value is -1.92. The third-order valence-corrected chi connectivity index (χ3v) is 4.86. The third kappa shape index (κ3) is 3.54. The number of aromatic nitrogens is 3. The zero-order chi connectivity index (χ0) is 16.2. The van der Waals surface area contributed by atoms with E-state index in [1.165, 1.54) is 6.33 Å². The first kappa shape index (κ1) is 16.0. The molecule has 0 aromatic carbocycles. The van der Waals surface area contributed by atoms with Crippen LogP contribution in [0.5, 0.6) is 0 Å². The summed E-state index contributed by atoms with van der Waals surface area (Å²) in [4.78, 5) is 32.8. The van der Waals surface area contributed by atoms with Gasteiger partial charge in [0.1, 0.15) is 12.7 Å². The van der Waals surface area contributed by atoms with Crippen LogP contribution in [0.1, 0.15) is 39.0 Å². The van der Waals surface area contributed by atoms with Crippen LogP contribution in [0, 0.1) is 5.92 Å². The number of aryl methyl sites for hydroxylation is 1. The Morgan fingerprint density at radius 2 is 2.17 bits per heavy atom. The van der Waals surface area contributed by atoms with Gasteiger partial charge in [-0.1, -0.05) is 6.92 Å². The van der Waals surface area contributed by atoms with E-state index in [1.807, 2.05) is 9.80 Å². The fraction of sp³-hybridized carbons (Fsp3) is 0.750. The van der Waals surface area contributed by atoms with Gasteiger partial charge >= 0.3 is 0 Å². The van der Waals surface area contributed by atoms with Gasteiger partial charge in [0.15, 0.2) is 0 Å². The monoisotopic (exact) mass is 319 g/mol. The maximum absolute atomic E-state index is 12.5. The van der Waals surface area contributed by atoms with Crippen LogP contribution in [0.3, 0.4) is 0 Å². The quantitative estimate of drug-likeness (QED) is 0.781. The lowest BCUT2D eigenvalue weighted by Gasteiger charge is -2.35. The highest BCUT2D eigenvalue weighted by Gasteiger charge is 2.41. The fourth-order valence-electron chi connectivity index (χ4n) is 3.68. The minimum absolute atomic E-state index is 0.000402. The van der Waals surface area contributed by atoms with Gasteiger partial charge in [-0.2, -0.15) is 5.10 Å². The van der Waals surface area contributed by atoms with E-state index in [-0.39, 0.29) is 23.8 Å². The number of piperidine rings is 1. The van der Waals surface area contributed by atoms with Gasteiger partial charge in [0, 0.05) is 38.6 Å². The number of hydrogen-bond donors (Lipinski definition) is 0. The Labute approximate surface area is 136 Å².